The lowest BCUT2D eigenvalue weighted by atomic mass is 10.5. The first kappa shape index (κ1) is 9.75. The molecule has 3 heteroatoms. The van der Waals surface area contributed by atoms with E-state index in [4.69, 9.17) is 16.0 Å². The highest BCUT2D eigenvalue weighted by molar-refractivity contribution is 7.98. The third-order valence-corrected chi connectivity index (χ3v) is 2.39. The van der Waals surface area contributed by atoms with Crippen LogP contribution in [0.25, 0.3) is 0 Å². The molecule has 0 fully saturated rings. The van der Waals surface area contributed by atoms with Gasteiger partial charge in [-0.2, -0.15) is 0 Å². The van der Waals surface area contributed by atoms with Gasteiger partial charge in [0.25, 0.3) is 0 Å². The van der Waals surface area contributed by atoms with E-state index >= 15 is 0 Å². The standard InChI is InChI=1S/C9H11ClOS/c10-5-1-2-7-12-8-9-4-3-6-11-9/h1-4,6H,5,7-8H2. The van der Waals surface area contributed by atoms with Gasteiger partial charge in [-0.3, -0.25) is 0 Å². The summed E-state index contributed by atoms with van der Waals surface area (Å²) < 4.78 is 5.17. The molecule has 0 atom stereocenters. The molecule has 0 aromatic carbocycles. The topological polar surface area (TPSA) is 13.1 Å². The number of thioether (sulfide) groups is 1. The summed E-state index contributed by atoms with van der Waals surface area (Å²) in [4.78, 5) is 0. The maximum absolute atomic E-state index is 5.47. The Morgan fingerprint density at radius 1 is 1.50 bits per heavy atom. The normalized spacial score (nSPS) is 11.1. The summed E-state index contributed by atoms with van der Waals surface area (Å²) in [6.07, 6.45) is 5.72. The van der Waals surface area contributed by atoms with Gasteiger partial charge in [0.05, 0.1) is 12.0 Å². The second kappa shape index (κ2) is 6.21. The second-order valence-corrected chi connectivity index (χ2v) is 3.56. The first-order chi connectivity index (χ1) is 5.93. The summed E-state index contributed by atoms with van der Waals surface area (Å²) in [5.74, 6) is 3.55. The molecule has 0 radical (unpaired) electrons. The Labute approximate surface area is 81.8 Å². The van der Waals surface area contributed by atoms with Gasteiger partial charge in [-0.05, 0) is 12.1 Å². The number of hydrogen-bond donors (Lipinski definition) is 0. The first-order valence-electron chi connectivity index (χ1n) is 3.74. The number of hydrogen-bond acceptors (Lipinski definition) is 2. The van der Waals surface area contributed by atoms with E-state index in [2.05, 4.69) is 6.08 Å². The molecule has 0 saturated heterocycles. The number of halogens is 1. The molecule has 0 aliphatic heterocycles. The molecule has 1 rings (SSSR count). The summed E-state index contributed by atoms with van der Waals surface area (Å²) in [6, 6.07) is 3.89. The monoisotopic (exact) mass is 202 g/mol. The SMILES string of the molecule is ClCC=CCSCc1ccco1. The van der Waals surface area contributed by atoms with Crippen LogP contribution in [-0.4, -0.2) is 11.6 Å². The number of allylic oxidation sites excluding steroid dienone is 1. The van der Waals surface area contributed by atoms with Gasteiger partial charge in [0.15, 0.2) is 0 Å². The molecule has 1 heterocycles. The lowest BCUT2D eigenvalue weighted by Crippen LogP contribution is -1.76. The fraction of sp³-hybridized carbons (Fsp3) is 0.333. The molecule has 1 aromatic rings. The van der Waals surface area contributed by atoms with E-state index in [1.807, 2.05) is 30.0 Å². The van der Waals surface area contributed by atoms with Crippen molar-refractivity contribution < 1.29 is 4.42 Å². The van der Waals surface area contributed by atoms with Crippen LogP contribution in [0, 0.1) is 0 Å². The van der Waals surface area contributed by atoms with E-state index in [0.717, 1.165) is 17.3 Å². The van der Waals surface area contributed by atoms with Gasteiger partial charge in [0, 0.05) is 11.6 Å². The Kier molecular flexibility index (Phi) is 5.04. The largest absolute Gasteiger partial charge is 0.468 e. The van der Waals surface area contributed by atoms with Crippen LogP contribution >= 0.6 is 23.4 Å². The predicted octanol–water partition coefficient (Wildman–Crippen LogP) is 3.31. The molecule has 0 saturated carbocycles. The highest BCUT2D eigenvalue weighted by Gasteiger charge is 1.92. The van der Waals surface area contributed by atoms with Gasteiger partial charge >= 0.3 is 0 Å². The smallest absolute Gasteiger partial charge is 0.113 e. The van der Waals surface area contributed by atoms with Gasteiger partial charge < -0.3 is 4.42 Å². The Morgan fingerprint density at radius 3 is 3.08 bits per heavy atom. The molecular weight excluding hydrogens is 192 g/mol. The Morgan fingerprint density at radius 2 is 2.42 bits per heavy atom. The van der Waals surface area contributed by atoms with Crippen molar-refractivity contribution in [3.8, 4) is 0 Å². The van der Waals surface area contributed by atoms with Crippen molar-refractivity contribution in [1.82, 2.24) is 0 Å². The second-order valence-electron chi connectivity index (χ2n) is 2.22. The summed E-state index contributed by atoms with van der Waals surface area (Å²) >= 11 is 7.28. The van der Waals surface area contributed by atoms with Crippen LogP contribution in [0.3, 0.4) is 0 Å². The minimum Gasteiger partial charge on any atom is -0.468 e. The predicted molar refractivity (Wildman–Crippen MR) is 54.7 cm³/mol. The molecule has 12 heavy (non-hydrogen) atoms. The molecule has 0 N–H and O–H groups in total. The number of furan rings is 1. The van der Waals surface area contributed by atoms with Crippen molar-refractivity contribution in [3.63, 3.8) is 0 Å². The molecule has 0 aliphatic carbocycles. The van der Waals surface area contributed by atoms with E-state index < -0.39 is 0 Å². The molecule has 0 bridgehead atoms. The zero-order chi connectivity index (χ0) is 8.65. The summed E-state index contributed by atoms with van der Waals surface area (Å²) in [7, 11) is 0. The molecule has 0 spiro atoms. The maximum Gasteiger partial charge on any atom is 0.113 e. The van der Waals surface area contributed by atoms with Crippen molar-refractivity contribution in [2.45, 2.75) is 5.75 Å². The maximum atomic E-state index is 5.47. The highest BCUT2D eigenvalue weighted by atomic mass is 35.5. The minimum atomic E-state index is 0.599. The van der Waals surface area contributed by atoms with Crippen molar-refractivity contribution in [3.05, 3.63) is 36.3 Å². The quantitative estimate of drug-likeness (QED) is 0.413. The first-order valence-corrected chi connectivity index (χ1v) is 5.43. The van der Waals surface area contributed by atoms with Crippen LogP contribution in [-0.2, 0) is 5.75 Å². The average Bonchev–Trinajstić information content (AvgIpc) is 2.57. The average molecular weight is 203 g/mol. The zero-order valence-electron chi connectivity index (χ0n) is 6.70. The van der Waals surface area contributed by atoms with E-state index in [1.165, 1.54) is 0 Å². The van der Waals surface area contributed by atoms with Crippen LogP contribution in [0.2, 0.25) is 0 Å². The Hall–Kier alpha value is -0.340. The van der Waals surface area contributed by atoms with Gasteiger partial charge in [-0.1, -0.05) is 12.2 Å². The van der Waals surface area contributed by atoms with Crippen LogP contribution in [0.1, 0.15) is 5.76 Å². The fourth-order valence-electron chi connectivity index (χ4n) is 0.753. The van der Waals surface area contributed by atoms with Crippen LogP contribution in [0.15, 0.2) is 35.0 Å². The van der Waals surface area contributed by atoms with Gasteiger partial charge in [0.1, 0.15) is 5.76 Å². The summed E-state index contributed by atoms with van der Waals surface area (Å²) in [6.45, 7) is 0. The molecule has 66 valence electrons. The van der Waals surface area contributed by atoms with E-state index in [9.17, 15) is 0 Å². The van der Waals surface area contributed by atoms with Crippen LogP contribution < -0.4 is 0 Å². The van der Waals surface area contributed by atoms with Gasteiger partial charge in [0.2, 0.25) is 0 Å². The molecule has 1 nitrogen and oxygen atoms in total. The minimum absolute atomic E-state index is 0.599. The van der Waals surface area contributed by atoms with Crippen molar-refractivity contribution >= 4 is 23.4 Å². The van der Waals surface area contributed by atoms with Crippen molar-refractivity contribution in [2.75, 3.05) is 11.6 Å². The summed E-state index contributed by atoms with van der Waals surface area (Å²) in [5, 5.41) is 0. The number of alkyl halides is 1. The lowest BCUT2D eigenvalue weighted by Gasteiger charge is -1.92. The molecule has 1 aromatic heterocycles. The van der Waals surface area contributed by atoms with Crippen molar-refractivity contribution in [2.24, 2.45) is 0 Å². The van der Waals surface area contributed by atoms with E-state index in [-0.39, 0.29) is 0 Å². The Bertz CT molecular complexity index is 218. The molecule has 0 amide bonds. The third kappa shape index (κ3) is 3.88. The van der Waals surface area contributed by atoms with Gasteiger partial charge in [-0.15, -0.1) is 23.4 Å². The zero-order valence-corrected chi connectivity index (χ0v) is 8.27. The number of rotatable bonds is 5. The molecule has 0 aliphatic rings. The van der Waals surface area contributed by atoms with E-state index in [1.54, 1.807) is 6.26 Å². The van der Waals surface area contributed by atoms with Gasteiger partial charge in [-0.25, -0.2) is 0 Å². The third-order valence-electron chi connectivity index (χ3n) is 1.29. The van der Waals surface area contributed by atoms with Crippen LogP contribution in [0.4, 0.5) is 0 Å². The summed E-state index contributed by atoms with van der Waals surface area (Å²) in [5.41, 5.74) is 0. The lowest BCUT2D eigenvalue weighted by molar-refractivity contribution is 0.530. The molecule has 0 unspecified atom stereocenters. The van der Waals surface area contributed by atoms with Crippen LogP contribution in [0.5, 0.6) is 0 Å². The van der Waals surface area contributed by atoms with E-state index in [0.29, 0.717) is 5.88 Å². The Balaban J connectivity index is 2.07. The highest BCUT2D eigenvalue weighted by Crippen LogP contribution is 2.11. The van der Waals surface area contributed by atoms with Crippen molar-refractivity contribution in [1.29, 1.82) is 0 Å². The fourth-order valence-corrected chi connectivity index (χ4v) is 1.63. The molecular formula is C9H11ClOS.